The summed E-state index contributed by atoms with van der Waals surface area (Å²) in [4.78, 5) is 14.3. The molecule has 0 aromatic heterocycles. The fourth-order valence-corrected chi connectivity index (χ4v) is 3.89. The number of amides is 1. The number of benzene rings is 2. The first kappa shape index (κ1) is 18.3. The maximum atomic E-state index is 12.4. The Hall–Kier alpha value is -2.53. The standard InChI is InChI=1S/C21H27N3O2/c1-5-24-12-18-16-9-7-15(10-14(16)6-8-17(18)20(24)25)21(26,13(2)3)19(11-22)23-4/h6-11,13,23,26H,5,12,22H2,1-4H3/b19-11-. The van der Waals surface area contributed by atoms with Crippen LogP contribution >= 0.6 is 0 Å². The minimum atomic E-state index is -1.21. The van der Waals surface area contributed by atoms with Gasteiger partial charge in [0.25, 0.3) is 5.91 Å². The second kappa shape index (κ2) is 6.65. The monoisotopic (exact) mass is 353 g/mol. The van der Waals surface area contributed by atoms with Gasteiger partial charge in [-0.25, -0.2) is 0 Å². The zero-order chi connectivity index (χ0) is 19.1. The summed E-state index contributed by atoms with van der Waals surface area (Å²) in [7, 11) is 1.75. The third-order valence-corrected chi connectivity index (χ3v) is 5.50. The number of fused-ring (bicyclic) bond motifs is 3. The molecule has 2 aromatic carbocycles. The van der Waals surface area contributed by atoms with E-state index in [9.17, 15) is 9.90 Å². The lowest BCUT2D eigenvalue weighted by Crippen LogP contribution is -2.39. The van der Waals surface area contributed by atoms with Gasteiger partial charge in [0.05, 0.1) is 5.70 Å². The number of hydrogen-bond acceptors (Lipinski definition) is 4. The Kier molecular flexibility index (Phi) is 4.67. The molecule has 4 N–H and O–H groups in total. The summed E-state index contributed by atoms with van der Waals surface area (Å²) in [5.74, 6) is 0.0180. The molecule has 1 unspecified atom stereocenters. The summed E-state index contributed by atoms with van der Waals surface area (Å²) < 4.78 is 0. The molecule has 5 nitrogen and oxygen atoms in total. The predicted octanol–water partition coefficient (Wildman–Crippen LogP) is 2.68. The molecule has 1 amide bonds. The van der Waals surface area contributed by atoms with E-state index in [2.05, 4.69) is 5.32 Å². The zero-order valence-corrected chi connectivity index (χ0v) is 15.8. The summed E-state index contributed by atoms with van der Waals surface area (Å²) in [6.07, 6.45) is 1.42. The fraction of sp³-hybridized carbons (Fsp3) is 0.381. The Bertz CT molecular complexity index is 888. The summed E-state index contributed by atoms with van der Waals surface area (Å²) in [5.41, 5.74) is 7.74. The first-order valence-corrected chi connectivity index (χ1v) is 9.06. The van der Waals surface area contributed by atoms with Crippen molar-refractivity contribution in [1.29, 1.82) is 0 Å². The number of hydrogen-bond donors (Lipinski definition) is 3. The van der Waals surface area contributed by atoms with Gasteiger partial charge in [-0.2, -0.15) is 0 Å². The van der Waals surface area contributed by atoms with Gasteiger partial charge in [0.15, 0.2) is 0 Å². The van der Waals surface area contributed by atoms with Crippen LogP contribution in [0.5, 0.6) is 0 Å². The summed E-state index contributed by atoms with van der Waals surface area (Å²) in [5, 5.41) is 16.5. The molecule has 1 heterocycles. The van der Waals surface area contributed by atoms with Crippen LogP contribution < -0.4 is 11.1 Å². The van der Waals surface area contributed by atoms with Crippen molar-refractivity contribution in [3.05, 3.63) is 58.9 Å². The highest BCUT2D eigenvalue weighted by Gasteiger charge is 2.37. The van der Waals surface area contributed by atoms with Crippen LogP contribution in [0.25, 0.3) is 10.8 Å². The van der Waals surface area contributed by atoms with E-state index in [0.29, 0.717) is 18.8 Å². The van der Waals surface area contributed by atoms with E-state index in [1.54, 1.807) is 7.05 Å². The Balaban J connectivity index is 2.16. The topological polar surface area (TPSA) is 78.6 Å². The maximum Gasteiger partial charge on any atom is 0.254 e. The van der Waals surface area contributed by atoms with Crippen molar-refractivity contribution >= 4 is 16.7 Å². The third-order valence-electron chi connectivity index (χ3n) is 5.50. The zero-order valence-electron chi connectivity index (χ0n) is 15.8. The van der Waals surface area contributed by atoms with Gasteiger partial charge < -0.3 is 21.1 Å². The number of aliphatic hydroxyl groups is 1. The van der Waals surface area contributed by atoms with Crippen LogP contribution in [0.1, 0.15) is 42.3 Å². The summed E-state index contributed by atoms with van der Waals surface area (Å²) >= 11 is 0. The number of nitrogens with two attached hydrogens (primary N) is 1. The second-order valence-corrected chi connectivity index (χ2v) is 7.10. The highest BCUT2D eigenvalue weighted by Crippen LogP contribution is 2.38. The molecule has 0 aliphatic carbocycles. The molecule has 0 saturated carbocycles. The molecular formula is C21H27N3O2. The largest absolute Gasteiger partial charge is 0.403 e. The van der Waals surface area contributed by atoms with E-state index in [-0.39, 0.29) is 11.8 Å². The van der Waals surface area contributed by atoms with Crippen molar-refractivity contribution in [2.45, 2.75) is 32.9 Å². The molecule has 0 fully saturated rings. The molecule has 1 aliphatic rings. The van der Waals surface area contributed by atoms with Crippen molar-refractivity contribution in [1.82, 2.24) is 10.2 Å². The minimum Gasteiger partial charge on any atom is -0.403 e. The van der Waals surface area contributed by atoms with E-state index < -0.39 is 5.60 Å². The SMILES string of the molecule is CCN1Cc2c(ccc3cc(C(O)(/C(=C/N)NC)C(C)C)ccc23)C1=O. The average Bonchev–Trinajstić information content (AvgIpc) is 2.98. The first-order chi connectivity index (χ1) is 12.4. The smallest absolute Gasteiger partial charge is 0.254 e. The Morgan fingerprint density at radius 3 is 2.69 bits per heavy atom. The minimum absolute atomic E-state index is 0.0752. The van der Waals surface area contributed by atoms with Crippen LogP contribution in [0.2, 0.25) is 0 Å². The summed E-state index contributed by atoms with van der Waals surface area (Å²) in [6.45, 7) is 7.26. The van der Waals surface area contributed by atoms with E-state index in [1.165, 1.54) is 6.20 Å². The molecule has 1 atom stereocenters. The number of nitrogens with zero attached hydrogens (tertiary/aromatic N) is 1. The van der Waals surface area contributed by atoms with Gasteiger partial charge in [-0.3, -0.25) is 4.79 Å². The molecule has 0 radical (unpaired) electrons. The molecule has 2 aromatic rings. The molecule has 5 heteroatoms. The second-order valence-electron chi connectivity index (χ2n) is 7.10. The van der Waals surface area contributed by atoms with Gasteiger partial charge in [0, 0.05) is 31.9 Å². The highest BCUT2D eigenvalue weighted by molar-refractivity contribution is 6.04. The van der Waals surface area contributed by atoms with Crippen molar-refractivity contribution < 1.29 is 9.90 Å². The molecule has 26 heavy (non-hydrogen) atoms. The van der Waals surface area contributed by atoms with Gasteiger partial charge in [0.1, 0.15) is 5.60 Å². The predicted molar refractivity (Wildman–Crippen MR) is 104 cm³/mol. The van der Waals surface area contributed by atoms with Crippen LogP contribution in [-0.4, -0.2) is 29.5 Å². The van der Waals surface area contributed by atoms with E-state index in [4.69, 9.17) is 5.73 Å². The Morgan fingerprint density at radius 1 is 1.38 bits per heavy atom. The molecule has 0 bridgehead atoms. The lowest BCUT2D eigenvalue weighted by atomic mass is 9.79. The maximum absolute atomic E-state index is 12.4. The number of nitrogens with one attached hydrogen (secondary N) is 1. The van der Waals surface area contributed by atoms with Gasteiger partial charge in [-0.15, -0.1) is 0 Å². The van der Waals surface area contributed by atoms with Gasteiger partial charge in [0.2, 0.25) is 0 Å². The number of likely N-dealkylation sites (N-methyl/N-ethyl adjacent to an activating group) is 1. The van der Waals surface area contributed by atoms with Crippen LogP contribution in [0, 0.1) is 5.92 Å². The molecule has 1 aliphatic heterocycles. The molecule has 0 saturated heterocycles. The molecular weight excluding hydrogens is 326 g/mol. The van der Waals surface area contributed by atoms with Crippen molar-refractivity contribution in [3.8, 4) is 0 Å². The van der Waals surface area contributed by atoms with E-state index in [0.717, 1.165) is 27.5 Å². The van der Waals surface area contributed by atoms with Gasteiger partial charge in [-0.05, 0) is 46.9 Å². The number of carbonyl (C=O) groups excluding carboxylic acids is 1. The van der Waals surface area contributed by atoms with Crippen molar-refractivity contribution in [2.24, 2.45) is 11.7 Å². The van der Waals surface area contributed by atoms with Crippen LogP contribution in [0.15, 0.2) is 42.2 Å². The Labute approximate surface area is 154 Å². The fourth-order valence-electron chi connectivity index (χ4n) is 3.89. The quantitative estimate of drug-likeness (QED) is 0.772. The van der Waals surface area contributed by atoms with E-state index >= 15 is 0 Å². The summed E-state index contributed by atoms with van der Waals surface area (Å²) in [6, 6.07) is 9.79. The van der Waals surface area contributed by atoms with Gasteiger partial charge >= 0.3 is 0 Å². The first-order valence-electron chi connectivity index (χ1n) is 9.06. The number of carbonyl (C=O) groups is 1. The highest BCUT2D eigenvalue weighted by atomic mass is 16.3. The van der Waals surface area contributed by atoms with Crippen molar-refractivity contribution in [2.75, 3.05) is 13.6 Å². The third kappa shape index (κ3) is 2.54. The van der Waals surface area contributed by atoms with Crippen LogP contribution in [-0.2, 0) is 12.1 Å². The average molecular weight is 353 g/mol. The van der Waals surface area contributed by atoms with Crippen LogP contribution in [0.3, 0.4) is 0 Å². The normalized spacial score (nSPS) is 16.9. The van der Waals surface area contributed by atoms with Crippen molar-refractivity contribution in [3.63, 3.8) is 0 Å². The van der Waals surface area contributed by atoms with Crippen LogP contribution in [0.4, 0.5) is 0 Å². The molecule has 138 valence electrons. The lowest BCUT2D eigenvalue weighted by molar-refractivity contribution is 0.0216. The van der Waals surface area contributed by atoms with Gasteiger partial charge in [-0.1, -0.05) is 32.0 Å². The molecule has 0 spiro atoms. The Morgan fingerprint density at radius 2 is 2.12 bits per heavy atom. The number of rotatable bonds is 5. The van der Waals surface area contributed by atoms with E-state index in [1.807, 2.05) is 56.0 Å². The molecule has 3 rings (SSSR count). The lowest BCUT2D eigenvalue weighted by Gasteiger charge is -2.35.